The zero-order chi connectivity index (χ0) is 24.6. The molecule has 8 nitrogen and oxygen atoms in total. The maximum atomic E-state index is 13.4. The summed E-state index contributed by atoms with van der Waals surface area (Å²) in [6.45, 7) is 10.4. The van der Waals surface area contributed by atoms with Gasteiger partial charge in [-0.25, -0.2) is 14.6 Å². The molecule has 9 heteroatoms. The van der Waals surface area contributed by atoms with Gasteiger partial charge in [-0.3, -0.25) is 0 Å². The van der Waals surface area contributed by atoms with E-state index in [-0.39, 0.29) is 5.84 Å². The van der Waals surface area contributed by atoms with Crippen molar-refractivity contribution in [3.05, 3.63) is 53.1 Å². The van der Waals surface area contributed by atoms with Crippen LogP contribution in [0.2, 0.25) is 5.02 Å². The van der Waals surface area contributed by atoms with Crippen molar-refractivity contribution in [2.75, 3.05) is 12.1 Å². The Morgan fingerprint density at radius 3 is 1.91 bits per heavy atom. The van der Waals surface area contributed by atoms with Gasteiger partial charge in [0.1, 0.15) is 17.0 Å². The lowest BCUT2D eigenvalue weighted by molar-refractivity contribution is 0.0255. The van der Waals surface area contributed by atoms with Crippen molar-refractivity contribution in [2.45, 2.75) is 52.7 Å². The number of carbonyl (C=O) groups excluding carboxylic acids is 2. The van der Waals surface area contributed by atoms with E-state index in [1.807, 2.05) is 0 Å². The van der Waals surface area contributed by atoms with E-state index < -0.39 is 23.4 Å². The first-order chi connectivity index (χ1) is 15.3. The number of amides is 2. The molecule has 1 aliphatic heterocycles. The Hall–Kier alpha value is -3.26. The number of anilines is 1. The van der Waals surface area contributed by atoms with Crippen LogP contribution in [0.3, 0.4) is 0 Å². The number of fused-ring (bicyclic) bond motifs is 1. The van der Waals surface area contributed by atoms with Crippen molar-refractivity contribution >= 4 is 41.0 Å². The highest BCUT2D eigenvalue weighted by molar-refractivity contribution is 6.30. The maximum Gasteiger partial charge on any atom is 0.436 e. The number of halogens is 1. The molecule has 0 unspecified atom stereocenters. The molecule has 2 aromatic carbocycles. The first-order valence-corrected chi connectivity index (χ1v) is 10.8. The molecule has 0 aromatic heterocycles. The Morgan fingerprint density at radius 1 is 0.848 bits per heavy atom. The second kappa shape index (κ2) is 8.94. The van der Waals surface area contributed by atoms with Gasteiger partial charge in [-0.2, -0.15) is 10.0 Å². The highest BCUT2D eigenvalue weighted by Crippen LogP contribution is 2.39. The summed E-state index contributed by atoms with van der Waals surface area (Å²) in [6.07, 6.45) is -1.57. The van der Waals surface area contributed by atoms with Crippen LogP contribution in [0.5, 0.6) is 5.75 Å². The molecule has 0 spiro atoms. The molecule has 2 aromatic rings. The molecular formula is C24H28ClN3O5. The summed E-state index contributed by atoms with van der Waals surface area (Å²) >= 11 is 6.06. The lowest BCUT2D eigenvalue weighted by atomic mass is 10.1. The molecule has 33 heavy (non-hydrogen) atoms. The Bertz CT molecular complexity index is 1080. The average Bonchev–Trinajstić information content (AvgIpc) is 2.69. The minimum Gasteiger partial charge on any atom is -0.497 e. The summed E-state index contributed by atoms with van der Waals surface area (Å²) in [7, 11) is 1.51. The standard InChI is InChI=1S/C24H28ClN3O5/c1-23(2,3)32-21(29)27-19-14-17(31-7)12-13-18(19)26-20(15-8-10-16(25)11-9-15)28(27)22(30)33-24(4,5)6/h8-14H,1-7H3. The van der Waals surface area contributed by atoms with Crippen LogP contribution in [0.4, 0.5) is 21.0 Å². The average molecular weight is 474 g/mol. The van der Waals surface area contributed by atoms with Gasteiger partial charge in [0.2, 0.25) is 0 Å². The van der Waals surface area contributed by atoms with E-state index in [1.54, 1.807) is 84.0 Å². The van der Waals surface area contributed by atoms with Gasteiger partial charge in [0.25, 0.3) is 0 Å². The normalized spacial score (nSPS) is 13.8. The molecule has 0 saturated carbocycles. The molecule has 3 rings (SSSR count). The van der Waals surface area contributed by atoms with Gasteiger partial charge < -0.3 is 14.2 Å². The number of rotatable bonds is 2. The number of hydrogen-bond donors (Lipinski definition) is 0. The van der Waals surface area contributed by atoms with E-state index in [9.17, 15) is 9.59 Å². The molecule has 0 radical (unpaired) electrons. The molecule has 0 bridgehead atoms. The molecule has 1 aliphatic rings. The fraction of sp³-hybridized carbons (Fsp3) is 0.375. The van der Waals surface area contributed by atoms with Gasteiger partial charge >= 0.3 is 12.2 Å². The molecule has 2 amide bonds. The smallest absolute Gasteiger partial charge is 0.436 e. The fourth-order valence-electron chi connectivity index (χ4n) is 3.00. The molecule has 176 valence electrons. The Labute approximate surface area is 198 Å². The number of benzene rings is 2. The molecule has 1 heterocycles. The van der Waals surface area contributed by atoms with Crippen LogP contribution in [0.25, 0.3) is 0 Å². The second-order valence-electron chi connectivity index (χ2n) is 9.38. The van der Waals surface area contributed by atoms with Crippen LogP contribution in [-0.2, 0) is 9.47 Å². The number of aliphatic imine (C=N–C) groups is 1. The van der Waals surface area contributed by atoms with Gasteiger partial charge in [0.05, 0.1) is 18.5 Å². The molecule has 0 atom stereocenters. The quantitative estimate of drug-likeness (QED) is 0.508. The first-order valence-electron chi connectivity index (χ1n) is 10.4. The summed E-state index contributed by atoms with van der Waals surface area (Å²) in [4.78, 5) is 31.5. The third-order valence-electron chi connectivity index (χ3n) is 4.27. The van der Waals surface area contributed by atoms with E-state index in [0.717, 1.165) is 10.0 Å². The van der Waals surface area contributed by atoms with E-state index in [1.165, 1.54) is 7.11 Å². The van der Waals surface area contributed by atoms with Crippen molar-refractivity contribution in [3.63, 3.8) is 0 Å². The van der Waals surface area contributed by atoms with Crippen LogP contribution in [0.15, 0.2) is 47.5 Å². The fourth-order valence-corrected chi connectivity index (χ4v) is 3.13. The summed E-state index contributed by atoms with van der Waals surface area (Å²) in [5.74, 6) is 0.668. The predicted molar refractivity (Wildman–Crippen MR) is 127 cm³/mol. The number of hydrazine groups is 1. The number of methoxy groups -OCH3 is 1. The number of ether oxygens (including phenoxy) is 3. The van der Waals surface area contributed by atoms with E-state index >= 15 is 0 Å². The number of carbonyl (C=O) groups is 2. The molecule has 0 saturated heterocycles. The summed E-state index contributed by atoms with van der Waals surface area (Å²) < 4.78 is 16.6. The molecule has 0 aliphatic carbocycles. The van der Waals surface area contributed by atoms with Gasteiger partial charge in [-0.15, -0.1) is 0 Å². The largest absolute Gasteiger partial charge is 0.497 e. The highest BCUT2D eigenvalue weighted by Gasteiger charge is 2.41. The molecule has 0 fully saturated rings. The predicted octanol–water partition coefficient (Wildman–Crippen LogP) is 6.33. The third-order valence-corrected chi connectivity index (χ3v) is 4.53. The molecule has 0 N–H and O–H groups in total. The summed E-state index contributed by atoms with van der Waals surface area (Å²) in [5, 5.41) is 2.71. The van der Waals surface area contributed by atoms with Gasteiger partial charge in [-0.1, -0.05) is 11.6 Å². The Morgan fingerprint density at radius 2 is 1.39 bits per heavy atom. The van der Waals surface area contributed by atoms with E-state index in [4.69, 9.17) is 25.8 Å². The van der Waals surface area contributed by atoms with Crippen molar-refractivity contribution in [1.29, 1.82) is 0 Å². The van der Waals surface area contributed by atoms with Crippen LogP contribution >= 0.6 is 11.6 Å². The van der Waals surface area contributed by atoms with Crippen LogP contribution in [0, 0.1) is 0 Å². The zero-order valence-corrected chi connectivity index (χ0v) is 20.6. The van der Waals surface area contributed by atoms with Crippen LogP contribution in [-0.4, -0.2) is 41.3 Å². The van der Waals surface area contributed by atoms with Gasteiger partial charge in [0, 0.05) is 16.7 Å². The van der Waals surface area contributed by atoms with E-state index in [0.29, 0.717) is 27.7 Å². The summed E-state index contributed by atoms with van der Waals surface area (Å²) in [5.41, 5.74) is -0.319. The van der Waals surface area contributed by atoms with E-state index in [2.05, 4.69) is 4.99 Å². The first kappa shape index (κ1) is 24.4. The van der Waals surface area contributed by atoms with Crippen LogP contribution < -0.4 is 9.75 Å². The minimum atomic E-state index is -0.823. The Balaban J connectivity index is 2.25. The van der Waals surface area contributed by atoms with Crippen molar-refractivity contribution in [2.24, 2.45) is 4.99 Å². The molecular weight excluding hydrogens is 446 g/mol. The SMILES string of the molecule is COc1ccc2c(c1)N(C(=O)OC(C)(C)C)N(C(=O)OC(C)(C)C)C(c1ccc(Cl)cc1)=N2. The number of nitrogens with zero attached hydrogens (tertiary/aromatic N) is 3. The highest BCUT2D eigenvalue weighted by atomic mass is 35.5. The third kappa shape index (κ3) is 5.76. The van der Waals surface area contributed by atoms with Gasteiger partial charge in [0.15, 0.2) is 5.84 Å². The lowest BCUT2D eigenvalue weighted by Gasteiger charge is -2.39. The second-order valence-corrected chi connectivity index (χ2v) is 9.82. The number of amidine groups is 1. The van der Waals surface area contributed by atoms with Crippen LogP contribution in [0.1, 0.15) is 47.1 Å². The maximum absolute atomic E-state index is 13.4. The summed E-state index contributed by atoms with van der Waals surface area (Å²) in [6, 6.07) is 11.8. The number of hydrogen-bond acceptors (Lipinski definition) is 6. The lowest BCUT2D eigenvalue weighted by Crippen LogP contribution is -2.57. The Kier molecular flexibility index (Phi) is 6.61. The topological polar surface area (TPSA) is 80.7 Å². The minimum absolute atomic E-state index is 0.185. The van der Waals surface area contributed by atoms with Crippen molar-refractivity contribution in [1.82, 2.24) is 5.01 Å². The monoisotopic (exact) mass is 473 g/mol. The van der Waals surface area contributed by atoms with Gasteiger partial charge in [-0.05, 0) is 77.9 Å². The zero-order valence-electron chi connectivity index (χ0n) is 19.8. The van der Waals surface area contributed by atoms with Crippen molar-refractivity contribution in [3.8, 4) is 5.75 Å². The van der Waals surface area contributed by atoms with Crippen molar-refractivity contribution < 1.29 is 23.8 Å².